The van der Waals surface area contributed by atoms with Gasteiger partial charge in [-0.1, -0.05) is 23.7 Å². The van der Waals surface area contributed by atoms with Crippen LogP contribution < -0.4 is 0 Å². The van der Waals surface area contributed by atoms with Crippen molar-refractivity contribution in [2.75, 3.05) is 19.7 Å². The normalized spacial score (nSPS) is 22.3. The average molecular weight is 240 g/mol. The van der Waals surface area contributed by atoms with Crippen molar-refractivity contribution in [3.8, 4) is 0 Å². The van der Waals surface area contributed by atoms with Crippen molar-refractivity contribution in [2.24, 2.45) is 0 Å². The predicted octanol–water partition coefficient (Wildman–Crippen LogP) is 2.87. The van der Waals surface area contributed by atoms with Crippen LogP contribution >= 0.6 is 11.6 Å². The fourth-order valence-electron chi connectivity index (χ4n) is 2.03. The molecule has 3 heteroatoms. The first-order chi connectivity index (χ1) is 7.65. The van der Waals surface area contributed by atoms with Crippen molar-refractivity contribution in [2.45, 2.75) is 26.5 Å². The lowest BCUT2D eigenvalue weighted by molar-refractivity contribution is -0.0212. The summed E-state index contributed by atoms with van der Waals surface area (Å²) in [5, 5.41) is 0.860. The summed E-state index contributed by atoms with van der Waals surface area (Å²) in [5.41, 5.74) is 2.42. The molecule has 1 fully saturated rings. The molecule has 0 saturated carbocycles. The molecule has 1 unspecified atom stereocenters. The molecule has 88 valence electrons. The molecule has 0 N–H and O–H groups in total. The summed E-state index contributed by atoms with van der Waals surface area (Å²) in [6, 6.07) is 6.31. The van der Waals surface area contributed by atoms with Crippen LogP contribution in [0.15, 0.2) is 18.2 Å². The molecule has 1 atom stereocenters. The van der Waals surface area contributed by atoms with E-state index in [-0.39, 0.29) is 0 Å². The van der Waals surface area contributed by atoms with Gasteiger partial charge in [-0.05, 0) is 31.0 Å². The van der Waals surface area contributed by atoms with E-state index < -0.39 is 0 Å². The Morgan fingerprint density at radius 1 is 1.50 bits per heavy atom. The van der Waals surface area contributed by atoms with E-state index in [4.69, 9.17) is 16.3 Å². The van der Waals surface area contributed by atoms with Gasteiger partial charge in [-0.15, -0.1) is 0 Å². The molecule has 16 heavy (non-hydrogen) atoms. The fourth-order valence-corrected chi connectivity index (χ4v) is 2.23. The maximum atomic E-state index is 6.12. The molecule has 1 saturated heterocycles. The van der Waals surface area contributed by atoms with Gasteiger partial charge < -0.3 is 4.74 Å². The number of hydrogen-bond donors (Lipinski definition) is 0. The Kier molecular flexibility index (Phi) is 3.85. The minimum absolute atomic E-state index is 0.342. The number of aryl methyl sites for hydroxylation is 1. The smallest absolute Gasteiger partial charge is 0.0674 e. The Hall–Kier alpha value is -0.570. The van der Waals surface area contributed by atoms with Gasteiger partial charge in [0.15, 0.2) is 0 Å². The van der Waals surface area contributed by atoms with Crippen molar-refractivity contribution >= 4 is 11.6 Å². The van der Waals surface area contributed by atoms with E-state index >= 15 is 0 Å². The van der Waals surface area contributed by atoms with Gasteiger partial charge in [0, 0.05) is 24.7 Å². The highest BCUT2D eigenvalue weighted by Gasteiger charge is 2.16. The molecule has 2 rings (SSSR count). The van der Waals surface area contributed by atoms with Crippen LogP contribution in [0.25, 0.3) is 0 Å². The molecule has 1 aromatic carbocycles. The topological polar surface area (TPSA) is 12.5 Å². The monoisotopic (exact) mass is 239 g/mol. The van der Waals surface area contributed by atoms with Crippen LogP contribution in [0.3, 0.4) is 0 Å². The van der Waals surface area contributed by atoms with Gasteiger partial charge in [0.25, 0.3) is 0 Å². The molecule has 1 aliphatic heterocycles. The highest BCUT2D eigenvalue weighted by atomic mass is 35.5. The van der Waals surface area contributed by atoms with Crippen molar-refractivity contribution < 1.29 is 4.74 Å². The molecule has 0 amide bonds. The third-order valence-corrected chi connectivity index (χ3v) is 3.37. The fraction of sp³-hybridized carbons (Fsp3) is 0.538. The second kappa shape index (κ2) is 5.17. The third kappa shape index (κ3) is 2.97. The zero-order valence-electron chi connectivity index (χ0n) is 9.87. The van der Waals surface area contributed by atoms with Crippen LogP contribution in [0.1, 0.15) is 18.1 Å². The number of morpholine rings is 1. The van der Waals surface area contributed by atoms with Crippen molar-refractivity contribution in [3.05, 3.63) is 34.3 Å². The van der Waals surface area contributed by atoms with E-state index in [1.807, 2.05) is 6.92 Å². The summed E-state index contributed by atoms with van der Waals surface area (Å²) in [5.74, 6) is 0. The predicted molar refractivity (Wildman–Crippen MR) is 66.9 cm³/mol. The Morgan fingerprint density at radius 3 is 3.00 bits per heavy atom. The maximum absolute atomic E-state index is 6.12. The van der Waals surface area contributed by atoms with Gasteiger partial charge >= 0.3 is 0 Å². The highest BCUT2D eigenvalue weighted by molar-refractivity contribution is 6.31. The van der Waals surface area contributed by atoms with Gasteiger partial charge in [-0.3, -0.25) is 4.90 Å². The number of ether oxygens (including phenoxy) is 1. The summed E-state index contributed by atoms with van der Waals surface area (Å²) in [7, 11) is 0. The zero-order valence-corrected chi connectivity index (χ0v) is 10.6. The summed E-state index contributed by atoms with van der Waals surface area (Å²) in [6.45, 7) is 7.97. The Morgan fingerprint density at radius 2 is 2.31 bits per heavy atom. The van der Waals surface area contributed by atoms with Crippen LogP contribution in [0.4, 0.5) is 0 Å². The molecule has 2 nitrogen and oxygen atoms in total. The Balaban J connectivity index is 2.00. The molecule has 0 bridgehead atoms. The van der Waals surface area contributed by atoms with E-state index in [1.165, 1.54) is 5.56 Å². The number of rotatable bonds is 2. The van der Waals surface area contributed by atoms with Crippen molar-refractivity contribution in [1.29, 1.82) is 0 Å². The number of hydrogen-bond acceptors (Lipinski definition) is 2. The minimum atomic E-state index is 0.342. The Bertz CT molecular complexity index is 367. The summed E-state index contributed by atoms with van der Waals surface area (Å²) in [4.78, 5) is 2.41. The van der Waals surface area contributed by atoms with Crippen LogP contribution in [-0.4, -0.2) is 30.7 Å². The SMILES string of the molecule is Cc1ccc(CN2CCOC(C)C2)cc1Cl. The molecule has 0 aliphatic carbocycles. The van der Waals surface area contributed by atoms with Crippen LogP contribution in [-0.2, 0) is 11.3 Å². The van der Waals surface area contributed by atoms with Crippen molar-refractivity contribution in [1.82, 2.24) is 4.90 Å². The van der Waals surface area contributed by atoms with Gasteiger partial charge in [0.05, 0.1) is 12.7 Å². The lowest BCUT2D eigenvalue weighted by Crippen LogP contribution is -2.40. The van der Waals surface area contributed by atoms with Crippen LogP contribution in [0.5, 0.6) is 0 Å². The lowest BCUT2D eigenvalue weighted by atomic mass is 10.1. The quantitative estimate of drug-likeness (QED) is 0.787. The third-order valence-electron chi connectivity index (χ3n) is 2.97. The van der Waals surface area contributed by atoms with Gasteiger partial charge in [0.1, 0.15) is 0 Å². The molecule has 1 aromatic rings. The van der Waals surface area contributed by atoms with E-state index in [1.54, 1.807) is 0 Å². The molecule has 1 heterocycles. The first-order valence-electron chi connectivity index (χ1n) is 5.74. The second-order valence-electron chi connectivity index (χ2n) is 4.50. The van der Waals surface area contributed by atoms with Gasteiger partial charge in [-0.2, -0.15) is 0 Å². The van der Waals surface area contributed by atoms with Crippen molar-refractivity contribution in [3.63, 3.8) is 0 Å². The highest BCUT2D eigenvalue weighted by Crippen LogP contribution is 2.18. The minimum Gasteiger partial charge on any atom is -0.376 e. The van der Waals surface area contributed by atoms with Crippen LogP contribution in [0.2, 0.25) is 5.02 Å². The molecular weight excluding hydrogens is 222 g/mol. The number of benzene rings is 1. The van der Waals surface area contributed by atoms with E-state index in [0.717, 1.165) is 36.8 Å². The summed E-state index contributed by atoms with van der Waals surface area (Å²) >= 11 is 6.12. The van der Waals surface area contributed by atoms with E-state index in [9.17, 15) is 0 Å². The second-order valence-corrected chi connectivity index (χ2v) is 4.91. The largest absolute Gasteiger partial charge is 0.376 e. The standard InChI is InChI=1S/C13H18ClNO/c1-10-3-4-12(7-13(10)14)9-15-5-6-16-11(2)8-15/h3-4,7,11H,5-6,8-9H2,1-2H3. The number of nitrogens with zero attached hydrogens (tertiary/aromatic N) is 1. The van der Waals surface area contributed by atoms with E-state index in [2.05, 4.69) is 30.0 Å². The van der Waals surface area contributed by atoms with E-state index in [0.29, 0.717) is 6.10 Å². The summed E-state index contributed by atoms with van der Waals surface area (Å²) in [6.07, 6.45) is 0.342. The Labute approximate surface area is 102 Å². The lowest BCUT2D eigenvalue weighted by Gasteiger charge is -2.31. The maximum Gasteiger partial charge on any atom is 0.0674 e. The first-order valence-corrected chi connectivity index (χ1v) is 6.12. The molecule has 0 radical (unpaired) electrons. The molecular formula is C13H18ClNO. The molecule has 0 spiro atoms. The number of halogens is 1. The average Bonchev–Trinajstić information content (AvgIpc) is 2.24. The molecule has 1 aliphatic rings. The van der Waals surface area contributed by atoms with Gasteiger partial charge in [0.2, 0.25) is 0 Å². The van der Waals surface area contributed by atoms with Gasteiger partial charge in [-0.25, -0.2) is 0 Å². The summed E-state index contributed by atoms with van der Waals surface area (Å²) < 4.78 is 5.52. The van der Waals surface area contributed by atoms with Crippen LogP contribution in [0, 0.1) is 6.92 Å². The molecule has 0 aromatic heterocycles. The zero-order chi connectivity index (χ0) is 11.5. The first kappa shape index (κ1) is 11.9.